The van der Waals surface area contributed by atoms with E-state index in [1.54, 1.807) is 4.90 Å². The molecule has 31 heavy (non-hydrogen) atoms. The summed E-state index contributed by atoms with van der Waals surface area (Å²) in [6, 6.07) is 13.7. The fourth-order valence-corrected chi connectivity index (χ4v) is 6.47. The second kappa shape index (κ2) is 8.53. The van der Waals surface area contributed by atoms with Crippen molar-refractivity contribution in [1.82, 2.24) is 4.57 Å². The highest BCUT2D eigenvalue weighted by Gasteiger charge is 2.41. The molecule has 3 aliphatic heterocycles. The molecule has 0 amide bonds. The number of hydrogen-bond donors (Lipinski definition) is 3. The van der Waals surface area contributed by atoms with E-state index >= 15 is 0 Å². The SMILES string of the molecule is C[NH+](C)Cc1ccccc1-c1ccc2n(c1=O)C[C@H]1C[C@@H]2C[NH+](C2CC[NH+](C)CC2)C1. The van der Waals surface area contributed by atoms with Gasteiger partial charge < -0.3 is 19.3 Å². The van der Waals surface area contributed by atoms with E-state index in [1.165, 1.54) is 61.6 Å². The summed E-state index contributed by atoms with van der Waals surface area (Å²) < 4.78 is 2.14. The first-order chi connectivity index (χ1) is 15.0. The maximum absolute atomic E-state index is 13.6. The van der Waals surface area contributed by atoms with Gasteiger partial charge in [-0.2, -0.15) is 0 Å². The summed E-state index contributed by atoms with van der Waals surface area (Å²) >= 11 is 0. The molecule has 1 aromatic carbocycles. The molecule has 3 aliphatic rings. The number of rotatable bonds is 4. The molecule has 5 rings (SSSR count). The monoisotopic (exact) mass is 423 g/mol. The smallest absolute Gasteiger partial charge is 0.258 e. The van der Waals surface area contributed by atoms with E-state index < -0.39 is 0 Å². The highest BCUT2D eigenvalue weighted by molar-refractivity contribution is 5.66. The minimum Gasteiger partial charge on any atom is -0.337 e. The van der Waals surface area contributed by atoms with Crippen LogP contribution >= 0.6 is 0 Å². The molecule has 2 aromatic rings. The number of hydrogen-bond acceptors (Lipinski definition) is 1. The highest BCUT2D eigenvalue weighted by Crippen LogP contribution is 2.32. The number of fused-ring (bicyclic) bond motifs is 4. The molecule has 0 saturated carbocycles. The Balaban J connectivity index is 1.44. The maximum atomic E-state index is 13.6. The van der Waals surface area contributed by atoms with Gasteiger partial charge in [0.1, 0.15) is 6.54 Å². The number of nitrogens with zero attached hydrogens (tertiary/aromatic N) is 1. The summed E-state index contributed by atoms with van der Waals surface area (Å²) in [5, 5.41) is 0. The second-order valence-corrected chi connectivity index (χ2v) is 10.7. The van der Waals surface area contributed by atoms with E-state index in [0.717, 1.165) is 30.3 Å². The Labute approximate surface area is 186 Å². The van der Waals surface area contributed by atoms with Crippen LogP contribution in [0.1, 0.15) is 36.4 Å². The Morgan fingerprint density at radius 1 is 1.03 bits per heavy atom. The van der Waals surface area contributed by atoms with Crippen molar-refractivity contribution in [3.63, 3.8) is 0 Å². The number of aromatic nitrogens is 1. The van der Waals surface area contributed by atoms with E-state index in [9.17, 15) is 4.79 Å². The Morgan fingerprint density at radius 3 is 2.58 bits per heavy atom. The Bertz CT molecular complexity index is 989. The molecule has 3 atom stereocenters. The molecular formula is C26H39N4O+3. The molecule has 2 fully saturated rings. The number of pyridine rings is 1. The fourth-order valence-electron chi connectivity index (χ4n) is 6.47. The molecule has 166 valence electrons. The van der Waals surface area contributed by atoms with Crippen LogP contribution in [0, 0.1) is 5.92 Å². The van der Waals surface area contributed by atoms with Gasteiger partial charge in [-0.05, 0) is 24.1 Å². The topological polar surface area (TPSA) is 35.3 Å². The van der Waals surface area contributed by atoms with Crippen LogP contribution in [-0.4, -0.2) is 57.9 Å². The van der Waals surface area contributed by atoms with Gasteiger partial charge in [-0.1, -0.05) is 24.3 Å². The molecule has 2 saturated heterocycles. The van der Waals surface area contributed by atoms with Crippen LogP contribution in [0.5, 0.6) is 0 Å². The molecule has 1 aromatic heterocycles. The van der Waals surface area contributed by atoms with Crippen molar-refractivity contribution in [3.8, 4) is 11.1 Å². The third kappa shape index (κ3) is 4.11. The summed E-state index contributed by atoms with van der Waals surface area (Å²) in [6.07, 6.45) is 3.98. The first-order valence-electron chi connectivity index (χ1n) is 12.3. The minimum absolute atomic E-state index is 0.222. The molecule has 4 heterocycles. The summed E-state index contributed by atoms with van der Waals surface area (Å²) in [5.41, 5.74) is 4.76. The quantitative estimate of drug-likeness (QED) is 0.570. The molecule has 0 radical (unpaired) electrons. The van der Waals surface area contributed by atoms with Crippen molar-refractivity contribution in [2.75, 3.05) is 47.3 Å². The number of likely N-dealkylation sites (tertiary alicyclic amines) is 2. The molecule has 0 spiro atoms. The standard InChI is InChI=1S/C26H36N4O/c1-27(2)17-20-6-4-5-7-23(20)24-8-9-25-21-14-19(16-30(25)26(24)31)15-29(18-21)22-10-12-28(3)13-11-22/h4-9,19,21-22H,10-18H2,1-3H3/p+3/t19-,21+/m0/s1. The fraction of sp³-hybridized carbons (Fsp3) is 0.577. The largest absolute Gasteiger partial charge is 0.337 e. The first-order valence-corrected chi connectivity index (χ1v) is 12.3. The predicted molar refractivity (Wildman–Crippen MR) is 124 cm³/mol. The zero-order chi connectivity index (χ0) is 21.5. The van der Waals surface area contributed by atoms with Gasteiger partial charge in [-0.3, -0.25) is 4.79 Å². The van der Waals surface area contributed by atoms with Gasteiger partial charge in [-0.15, -0.1) is 0 Å². The number of benzene rings is 1. The molecule has 3 N–H and O–H groups in total. The highest BCUT2D eigenvalue weighted by atomic mass is 16.1. The third-order valence-corrected chi connectivity index (χ3v) is 8.01. The van der Waals surface area contributed by atoms with Crippen LogP contribution in [-0.2, 0) is 13.1 Å². The maximum Gasteiger partial charge on any atom is 0.258 e. The van der Waals surface area contributed by atoms with Gasteiger partial charge in [0.15, 0.2) is 0 Å². The van der Waals surface area contributed by atoms with Crippen LogP contribution < -0.4 is 20.3 Å². The van der Waals surface area contributed by atoms with Gasteiger partial charge in [-0.25, -0.2) is 0 Å². The van der Waals surface area contributed by atoms with Crippen LogP contribution in [0.2, 0.25) is 0 Å². The van der Waals surface area contributed by atoms with Crippen molar-refractivity contribution in [2.45, 2.75) is 44.3 Å². The summed E-state index contributed by atoms with van der Waals surface area (Å²) in [6.45, 7) is 6.92. The molecule has 1 unspecified atom stereocenters. The van der Waals surface area contributed by atoms with Crippen LogP contribution in [0.25, 0.3) is 11.1 Å². The van der Waals surface area contributed by atoms with Gasteiger partial charge >= 0.3 is 0 Å². The molecule has 0 aliphatic carbocycles. The number of nitrogens with one attached hydrogen (secondary N) is 3. The number of piperidine rings is 2. The van der Waals surface area contributed by atoms with Crippen molar-refractivity contribution in [3.05, 3.63) is 58.0 Å². The van der Waals surface area contributed by atoms with Crippen molar-refractivity contribution in [1.29, 1.82) is 0 Å². The Morgan fingerprint density at radius 2 is 1.81 bits per heavy atom. The van der Waals surface area contributed by atoms with Crippen LogP contribution in [0.15, 0.2) is 41.2 Å². The lowest BCUT2D eigenvalue weighted by Crippen LogP contribution is -3.21. The van der Waals surface area contributed by atoms with Gasteiger partial charge in [0.2, 0.25) is 0 Å². The van der Waals surface area contributed by atoms with Crippen molar-refractivity contribution < 1.29 is 14.7 Å². The molecule has 2 bridgehead atoms. The summed E-state index contributed by atoms with van der Waals surface area (Å²) in [4.78, 5) is 18.5. The summed E-state index contributed by atoms with van der Waals surface area (Å²) in [7, 11) is 6.66. The van der Waals surface area contributed by atoms with E-state index in [2.05, 4.69) is 62.1 Å². The normalized spacial score (nSPS) is 30.3. The Kier molecular flexibility index (Phi) is 5.76. The summed E-state index contributed by atoms with van der Waals surface area (Å²) in [5.74, 6) is 1.18. The second-order valence-electron chi connectivity index (χ2n) is 10.7. The zero-order valence-corrected chi connectivity index (χ0v) is 19.4. The lowest BCUT2D eigenvalue weighted by Gasteiger charge is -2.44. The first kappa shape index (κ1) is 20.9. The number of quaternary nitrogens is 3. The zero-order valence-electron chi connectivity index (χ0n) is 19.4. The van der Waals surface area contributed by atoms with E-state index in [1.807, 2.05) is 4.90 Å². The van der Waals surface area contributed by atoms with E-state index in [-0.39, 0.29) is 5.56 Å². The van der Waals surface area contributed by atoms with Crippen molar-refractivity contribution >= 4 is 0 Å². The van der Waals surface area contributed by atoms with Gasteiger partial charge in [0.25, 0.3) is 5.56 Å². The van der Waals surface area contributed by atoms with E-state index in [4.69, 9.17) is 0 Å². The lowest BCUT2D eigenvalue weighted by molar-refractivity contribution is -0.959. The average Bonchev–Trinajstić information content (AvgIpc) is 2.75. The van der Waals surface area contributed by atoms with Crippen LogP contribution in [0.3, 0.4) is 0 Å². The van der Waals surface area contributed by atoms with Gasteiger partial charge in [0, 0.05) is 48.0 Å². The molecule has 5 nitrogen and oxygen atoms in total. The van der Waals surface area contributed by atoms with Gasteiger partial charge in [0.05, 0.1) is 53.4 Å². The molecule has 5 heteroatoms. The third-order valence-electron chi connectivity index (χ3n) is 8.01. The van der Waals surface area contributed by atoms with E-state index in [0.29, 0.717) is 11.8 Å². The Hall–Kier alpha value is -1.95. The predicted octanol–water partition coefficient (Wildman–Crippen LogP) is -1.16. The lowest BCUT2D eigenvalue weighted by atomic mass is 9.81. The molecular weight excluding hydrogens is 384 g/mol. The minimum atomic E-state index is 0.222. The van der Waals surface area contributed by atoms with Crippen molar-refractivity contribution in [2.24, 2.45) is 5.92 Å². The average molecular weight is 424 g/mol. The van der Waals surface area contributed by atoms with Crippen LogP contribution in [0.4, 0.5) is 0 Å².